The molecule has 4 aliphatic rings. The van der Waals surface area contributed by atoms with Gasteiger partial charge in [-0.2, -0.15) is 5.26 Å². The van der Waals surface area contributed by atoms with Gasteiger partial charge in [0, 0.05) is 19.1 Å². The molecule has 0 aromatic heterocycles. The van der Waals surface area contributed by atoms with Crippen molar-refractivity contribution in [3.63, 3.8) is 0 Å². The zero-order chi connectivity index (χ0) is 21.2. The molecule has 3 heterocycles. The van der Waals surface area contributed by atoms with Crippen molar-refractivity contribution in [2.24, 2.45) is 17.4 Å². The summed E-state index contributed by atoms with van der Waals surface area (Å²) in [6.45, 7) is 0.862. The number of hydrogen-bond donors (Lipinski definition) is 2. The molecule has 1 aliphatic carbocycles. The summed E-state index contributed by atoms with van der Waals surface area (Å²) in [5.41, 5.74) is 12.6. The van der Waals surface area contributed by atoms with Gasteiger partial charge in [0.05, 0.1) is 35.4 Å². The van der Waals surface area contributed by atoms with Gasteiger partial charge in [0.25, 0.3) is 5.91 Å². The Balaban J connectivity index is 1.28. The molecule has 156 valence electrons. The Bertz CT molecular complexity index is 974. The van der Waals surface area contributed by atoms with E-state index in [0.717, 1.165) is 12.8 Å². The second-order valence-electron chi connectivity index (χ2n) is 8.74. The van der Waals surface area contributed by atoms with E-state index in [1.807, 2.05) is 4.90 Å². The third-order valence-electron chi connectivity index (χ3n) is 6.95. The molecule has 3 aliphatic heterocycles. The Morgan fingerprint density at radius 3 is 2.70 bits per heavy atom. The molecule has 4 fully saturated rings. The van der Waals surface area contributed by atoms with E-state index in [-0.39, 0.29) is 42.5 Å². The number of primary amides is 1. The molecule has 0 radical (unpaired) electrons. The summed E-state index contributed by atoms with van der Waals surface area (Å²) in [6, 6.07) is 7.62. The normalized spacial score (nSPS) is 32.8. The van der Waals surface area contributed by atoms with Crippen molar-refractivity contribution in [2.75, 3.05) is 18.0 Å². The predicted octanol–water partition coefficient (Wildman–Crippen LogP) is -0.585. The minimum atomic E-state index is -0.765. The molecule has 1 aromatic rings. The van der Waals surface area contributed by atoms with Crippen LogP contribution < -0.4 is 16.4 Å². The van der Waals surface area contributed by atoms with E-state index in [9.17, 15) is 19.6 Å². The number of fused-ring (bicyclic) bond motifs is 3. The predicted molar refractivity (Wildman–Crippen MR) is 107 cm³/mol. The zero-order valence-corrected chi connectivity index (χ0v) is 16.5. The van der Waals surface area contributed by atoms with Gasteiger partial charge >= 0.3 is 0 Å². The number of benzene rings is 1. The first-order valence-corrected chi connectivity index (χ1v) is 10.3. The Labute approximate surface area is 174 Å². The summed E-state index contributed by atoms with van der Waals surface area (Å²) in [6.07, 6.45) is 2.32. The number of piperazine rings is 1. The number of nitriles is 1. The number of anilines is 1. The average Bonchev–Trinajstić information content (AvgIpc) is 3.07. The van der Waals surface area contributed by atoms with E-state index in [1.165, 1.54) is 0 Å². The maximum absolute atomic E-state index is 13.1. The van der Waals surface area contributed by atoms with Gasteiger partial charge in [0.2, 0.25) is 11.8 Å². The second-order valence-corrected chi connectivity index (χ2v) is 8.74. The van der Waals surface area contributed by atoms with Gasteiger partial charge in [-0.25, -0.2) is 0 Å². The van der Waals surface area contributed by atoms with Crippen LogP contribution in [0.1, 0.15) is 29.6 Å². The van der Waals surface area contributed by atoms with Crippen LogP contribution in [-0.2, 0) is 9.59 Å². The summed E-state index contributed by atoms with van der Waals surface area (Å²) in [7, 11) is 0. The monoisotopic (exact) mass is 408 g/mol. The highest BCUT2D eigenvalue weighted by molar-refractivity contribution is 6.07. The number of nitrogens with two attached hydrogens (primary N) is 2. The first-order valence-electron chi connectivity index (χ1n) is 10.3. The fourth-order valence-corrected chi connectivity index (χ4v) is 5.48. The number of rotatable bonds is 5. The molecule has 2 bridgehead atoms. The minimum Gasteiger partial charge on any atom is -0.366 e. The third kappa shape index (κ3) is 2.79. The summed E-state index contributed by atoms with van der Waals surface area (Å²) < 4.78 is 0. The van der Waals surface area contributed by atoms with E-state index >= 15 is 0 Å². The van der Waals surface area contributed by atoms with Crippen LogP contribution in [0.3, 0.4) is 0 Å². The van der Waals surface area contributed by atoms with Gasteiger partial charge in [0.1, 0.15) is 6.04 Å². The van der Waals surface area contributed by atoms with Gasteiger partial charge in [0.15, 0.2) is 0 Å². The molecular weight excluding hydrogens is 384 g/mol. The first kappa shape index (κ1) is 19.0. The van der Waals surface area contributed by atoms with Crippen LogP contribution in [0.2, 0.25) is 0 Å². The highest BCUT2D eigenvalue weighted by atomic mass is 16.2. The number of amides is 3. The Kier molecular flexibility index (Phi) is 4.31. The van der Waals surface area contributed by atoms with Crippen LogP contribution in [0.5, 0.6) is 0 Å². The summed E-state index contributed by atoms with van der Waals surface area (Å²) >= 11 is 0. The number of carbonyl (C=O) groups is 3. The summed E-state index contributed by atoms with van der Waals surface area (Å²) in [5.74, 6) is -0.425. The molecule has 9 heteroatoms. The zero-order valence-electron chi connectivity index (χ0n) is 16.5. The van der Waals surface area contributed by atoms with Crippen molar-refractivity contribution >= 4 is 23.4 Å². The van der Waals surface area contributed by atoms with Crippen molar-refractivity contribution in [2.45, 2.75) is 49.5 Å². The molecule has 1 unspecified atom stereocenters. The fraction of sp³-hybridized carbons (Fsp3) is 0.524. The van der Waals surface area contributed by atoms with Crippen LogP contribution >= 0.6 is 0 Å². The second kappa shape index (κ2) is 6.79. The molecule has 0 spiro atoms. The van der Waals surface area contributed by atoms with Gasteiger partial charge in [-0.05, 0) is 37.3 Å². The highest BCUT2D eigenvalue weighted by Crippen LogP contribution is 2.47. The SMILES string of the molecule is N#C[C@@H]1CC2C[C@@H]2N1C(=O)[C@@H](N)CN1C[C@@H]2C[C@H]1C(=O)N2c1ccccc1C(N)=O. The van der Waals surface area contributed by atoms with Crippen molar-refractivity contribution in [3.8, 4) is 6.07 Å². The molecule has 1 aromatic carbocycles. The topological polar surface area (TPSA) is 137 Å². The van der Waals surface area contributed by atoms with E-state index < -0.39 is 11.9 Å². The Morgan fingerprint density at radius 2 is 2.00 bits per heavy atom. The van der Waals surface area contributed by atoms with Crippen LogP contribution in [-0.4, -0.2) is 70.8 Å². The minimum absolute atomic E-state index is 0.0863. The van der Waals surface area contributed by atoms with Gasteiger partial charge in [-0.15, -0.1) is 0 Å². The average molecular weight is 408 g/mol. The van der Waals surface area contributed by atoms with E-state index in [1.54, 1.807) is 34.1 Å². The molecule has 9 nitrogen and oxygen atoms in total. The van der Waals surface area contributed by atoms with Gasteiger partial charge in [-0.1, -0.05) is 12.1 Å². The third-order valence-corrected chi connectivity index (χ3v) is 6.95. The highest BCUT2D eigenvalue weighted by Gasteiger charge is 2.56. The van der Waals surface area contributed by atoms with E-state index in [0.29, 0.717) is 30.1 Å². The number of likely N-dealkylation sites (tertiary alicyclic amines) is 2. The lowest BCUT2D eigenvalue weighted by Crippen LogP contribution is -2.57. The van der Waals surface area contributed by atoms with E-state index in [2.05, 4.69) is 6.07 Å². The first-order chi connectivity index (χ1) is 14.4. The van der Waals surface area contributed by atoms with Crippen molar-refractivity contribution in [3.05, 3.63) is 29.8 Å². The maximum Gasteiger partial charge on any atom is 0.250 e. The van der Waals surface area contributed by atoms with Gasteiger partial charge in [-0.3, -0.25) is 19.3 Å². The van der Waals surface area contributed by atoms with Crippen molar-refractivity contribution in [1.29, 1.82) is 5.26 Å². The largest absolute Gasteiger partial charge is 0.366 e. The Morgan fingerprint density at radius 1 is 1.23 bits per heavy atom. The molecule has 6 atom stereocenters. The molecule has 30 heavy (non-hydrogen) atoms. The fourth-order valence-electron chi connectivity index (χ4n) is 5.48. The van der Waals surface area contributed by atoms with Crippen molar-refractivity contribution < 1.29 is 14.4 Å². The van der Waals surface area contributed by atoms with Crippen LogP contribution in [0, 0.1) is 17.2 Å². The lowest BCUT2D eigenvalue weighted by Gasteiger charge is -2.36. The molecular formula is C21H24N6O3. The lowest BCUT2D eigenvalue weighted by molar-refractivity contribution is -0.135. The smallest absolute Gasteiger partial charge is 0.250 e. The standard InChI is InChI=1S/C21H24N6O3/c22-8-12-5-11-6-17(11)26(12)20(29)15(23)10-25-9-13-7-18(25)21(30)27(13)16-4-2-1-3-14(16)19(24)28/h1-4,11-13,15,17-18H,5-7,9-10,23H2,(H2,24,28)/t11?,12-,13-,15-,17-,18-/m0/s1. The quantitative estimate of drug-likeness (QED) is 0.668. The lowest BCUT2D eigenvalue weighted by atomic mass is 10.1. The van der Waals surface area contributed by atoms with Crippen LogP contribution in [0.15, 0.2) is 24.3 Å². The Hall–Kier alpha value is -2.96. The van der Waals surface area contributed by atoms with Gasteiger partial charge < -0.3 is 21.3 Å². The number of hydrogen-bond acceptors (Lipinski definition) is 6. The maximum atomic E-state index is 13.1. The van der Waals surface area contributed by atoms with E-state index in [4.69, 9.17) is 11.5 Å². The molecule has 3 amide bonds. The summed E-state index contributed by atoms with van der Waals surface area (Å²) in [4.78, 5) is 43.0. The molecule has 1 saturated carbocycles. The number of piperidine rings is 1. The van der Waals surface area contributed by atoms with Crippen LogP contribution in [0.4, 0.5) is 5.69 Å². The molecule has 3 saturated heterocycles. The number of nitrogens with zero attached hydrogens (tertiary/aromatic N) is 4. The number of para-hydroxylation sites is 1. The van der Waals surface area contributed by atoms with Crippen LogP contribution in [0.25, 0.3) is 0 Å². The number of carbonyl (C=O) groups excluding carboxylic acids is 3. The summed E-state index contributed by atoms with van der Waals surface area (Å²) in [5, 5.41) is 9.33. The molecule has 4 N–H and O–H groups in total. The van der Waals surface area contributed by atoms with Crippen molar-refractivity contribution in [1.82, 2.24) is 9.80 Å². The molecule has 5 rings (SSSR count).